The molecule has 0 saturated carbocycles. The highest BCUT2D eigenvalue weighted by Gasteiger charge is 2.26. The fraction of sp³-hybridized carbons (Fsp3) is 0.429. The molecule has 0 aliphatic heterocycles. The average Bonchev–Trinajstić information content (AvgIpc) is 2.57. The van der Waals surface area contributed by atoms with E-state index in [2.05, 4.69) is 5.32 Å². The lowest BCUT2D eigenvalue weighted by Gasteiger charge is -2.23. The summed E-state index contributed by atoms with van der Waals surface area (Å²) in [5.41, 5.74) is 3.84. The molecule has 0 heterocycles. The molecule has 2 rings (SSSR count). The standard InChI is InChI=1S/C21H30N2O2S/c1-5-23(14-10-9-13-22-20-11-7-6-8-12-20)26(24,25)21-18(3)15-17(2)16-19(21)4/h6-8,11-12,15-16,22H,5,9-10,13-14H2,1-4H3. The minimum Gasteiger partial charge on any atom is -0.385 e. The Labute approximate surface area is 158 Å². The van der Waals surface area contributed by atoms with Crippen LogP contribution in [0.3, 0.4) is 0 Å². The molecular weight excluding hydrogens is 344 g/mol. The van der Waals surface area contributed by atoms with Gasteiger partial charge in [-0.3, -0.25) is 0 Å². The molecule has 142 valence electrons. The zero-order valence-corrected chi connectivity index (χ0v) is 17.1. The average molecular weight is 375 g/mol. The zero-order valence-electron chi connectivity index (χ0n) is 16.2. The van der Waals surface area contributed by atoms with E-state index in [1.54, 1.807) is 4.31 Å². The van der Waals surface area contributed by atoms with Gasteiger partial charge in [-0.25, -0.2) is 8.42 Å². The maximum Gasteiger partial charge on any atom is 0.243 e. The van der Waals surface area contributed by atoms with E-state index in [0.29, 0.717) is 18.0 Å². The van der Waals surface area contributed by atoms with Crippen LogP contribution in [0.5, 0.6) is 0 Å². The number of nitrogens with one attached hydrogen (secondary N) is 1. The van der Waals surface area contributed by atoms with Crippen molar-refractivity contribution in [3.63, 3.8) is 0 Å². The van der Waals surface area contributed by atoms with Crippen LogP contribution in [0.4, 0.5) is 5.69 Å². The molecule has 26 heavy (non-hydrogen) atoms. The quantitative estimate of drug-likeness (QED) is 0.657. The van der Waals surface area contributed by atoms with E-state index in [-0.39, 0.29) is 0 Å². The first-order valence-corrected chi connectivity index (χ1v) is 10.7. The number of rotatable bonds is 9. The van der Waals surface area contributed by atoms with Crippen molar-refractivity contribution in [2.75, 3.05) is 25.0 Å². The Bertz CT molecular complexity index is 794. The summed E-state index contributed by atoms with van der Waals surface area (Å²) in [7, 11) is -3.46. The molecule has 0 aromatic heterocycles. The Kier molecular flexibility index (Phi) is 7.23. The number of nitrogens with zero attached hydrogens (tertiary/aromatic N) is 1. The van der Waals surface area contributed by atoms with E-state index >= 15 is 0 Å². The van der Waals surface area contributed by atoms with Crippen LogP contribution in [0.2, 0.25) is 0 Å². The third-order valence-electron chi connectivity index (χ3n) is 4.49. The van der Waals surface area contributed by atoms with Crippen molar-refractivity contribution in [1.29, 1.82) is 0 Å². The van der Waals surface area contributed by atoms with Crippen molar-refractivity contribution < 1.29 is 8.42 Å². The maximum atomic E-state index is 13.1. The Morgan fingerprint density at radius 3 is 2.15 bits per heavy atom. The monoisotopic (exact) mass is 374 g/mol. The highest BCUT2D eigenvalue weighted by Crippen LogP contribution is 2.25. The van der Waals surface area contributed by atoms with Crippen LogP contribution in [0.1, 0.15) is 36.5 Å². The van der Waals surface area contributed by atoms with Gasteiger partial charge in [0.05, 0.1) is 4.90 Å². The summed E-state index contributed by atoms with van der Waals surface area (Å²) in [6, 6.07) is 13.9. The summed E-state index contributed by atoms with van der Waals surface area (Å²) in [4.78, 5) is 0.465. The Balaban J connectivity index is 1.97. The lowest BCUT2D eigenvalue weighted by Crippen LogP contribution is -2.33. The predicted octanol–water partition coefficient (Wildman–Crippen LogP) is 4.51. The number of hydrogen-bond acceptors (Lipinski definition) is 3. The van der Waals surface area contributed by atoms with Crippen molar-refractivity contribution in [3.05, 3.63) is 59.2 Å². The number of benzene rings is 2. The zero-order chi connectivity index (χ0) is 19.2. The summed E-state index contributed by atoms with van der Waals surface area (Å²) < 4.78 is 27.8. The normalized spacial score (nSPS) is 11.7. The number of hydrogen-bond donors (Lipinski definition) is 1. The lowest BCUT2D eigenvalue weighted by molar-refractivity contribution is 0.417. The second kappa shape index (κ2) is 9.19. The first-order chi connectivity index (χ1) is 12.4. The highest BCUT2D eigenvalue weighted by molar-refractivity contribution is 7.89. The van der Waals surface area contributed by atoms with Crippen LogP contribution in [0, 0.1) is 20.8 Å². The molecule has 4 nitrogen and oxygen atoms in total. The largest absolute Gasteiger partial charge is 0.385 e. The molecule has 0 bridgehead atoms. The Morgan fingerprint density at radius 1 is 0.962 bits per heavy atom. The van der Waals surface area contributed by atoms with Gasteiger partial charge in [0.2, 0.25) is 10.0 Å². The molecule has 2 aromatic rings. The summed E-state index contributed by atoms with van der Waals surface area (Å²) in [5.74, 6) is 0. The molecule has 1 N–H and O–H groups in total. The lowest BCUT2D eigenvalue weighted by atomic mass is 10.1. The summed E-state index contributed by atoms with van der Waals surface area (Å²) >= 11 is 0. The predicted molar refractivity (Wildman–Crippen MR) is 109 cm³/mol. The van der Waals surface area contributed by atoms with E-state index in [1.165, 1.54) is 0 Å². The van der Waals surface area contributed by atoms with Crippen LogP contribution in [-0.2, 0) is 10.0 Å². The van der Waals surface area contributed by atoms with Crippen molar-refractivity contribution in [2.45, 2.75) is 45.4 Å². The van der Waals surface area contributed by atoms with Crippen LogP contribution in [0.25, 0.3) is 0 Å². The van der Waals surface area contributed by atoms with Gasteiger partial charge in [-0.05, 0) is 56.9 Å². The Hall–Kier alpha value is -1.85. The maximum absolute atomic E-state index is 13.1. The third kappa shape index (κ3) is 5.08. The fourth-order valence-electron chi connectivity index (χ4n) is 3.35. The topological polar surface area (TPSA) is 49.4 Å². The smallest absolute Gasteiger partial charge is 0.243 e. The van der Waals surface area contributed by atoms with Gasteiger partial charge in [0, 0.05) is 25.3 Å². The molecule has 0 spiro atoms. The molecule has 0 unspecified atom stereocenters. The van der Waals surface area contributed by atoms with Crippen LogP contribution in [-0.4, -0.2) is 32.4 Å². The second-order valence-electron chi connectivity index (χ2n) is 6.72. The molecule has 0 aliphatic carbocycles. The van der Waals surface area contributed by atoms with Crippen LogP contribution in [0.15, 0.2) is 47.4 Å². The second-order valence-corrected chi connectivity index (χ2v) is 8.60. The number of anilines is 1. The number of aryl methyl sites for hydroxylation is 3. The minimum absolute atomic E-state index is 0.465. The molecule has 0 fully saturated rings. The molecule has 2 aromatic carbocycles. The van der Waals surface area contributed by atoms with Crippen molar-refractivity contribution in [1.82, 2.24) is 4.31 Å². The number of sulfonamides is 1. The molecule has 0 aliphatic rings. The third-order valence-corrected chi connectivity index (χ3v) is 6.77. The van der Waals surface area contributed by atoms with Crippen molar-refractivity contribution >= 4 is 15.7 Å². The van der Waals surface area contributed by atoms with Gasteiger partial charge >= 0.3 is 0 Å². The summed E-state index contributed by atoms with van der Waals surface area (Å²) in [6.45, 7) is 9.52. The van der Waals surface area contributed by atoms with Crippen LogP contribution < -0.4 is 5.32 Å². The first-order valence-electron chi connectivity index (χ1n) is 9.23. The first kappa shape index (κ1) is 20.5. The van der Waals surface area contributed by atoms with Gasteiger partial charge in [0.15, 0.2) is 0 Å². The molecule has 0 radical (unpaired) electrons. The van der Waals surface area contributed by atoms with Crippen LogP contribution >= 0.6 is 0 Å². The number of unbranched alkanes of at least 4 members (excludes halogenated alkanes) is 1. The van der Waals surface area contributed by atoms with E-state index in [4.69, 9.17) is 0 Å². The minimum atomic E-state index is -3.46. The molecule has 5 heteroatoms. The van der Waals surface area contributed by atoms with Crippen molar-refractivity contribution in [2.24, 2.45) is 0 Å². The fourth-order valence-corrected chi connectivity index (χ4v) is 5.25. The molecule has 0 amide bonds. The van der Waals surface area contributed by atoms with Gasteiger partial charge in [-0.15, -0.1) is 0 Å². The van der Waals surface area contributed by atoms with Gasteiger partial charge in [0.25, 0.3) is 0 Å². The molecule has 0 atom stereocenters. The van der Waals surface area contributed by atoms with E-state index in [0.717, 1.165) is 41.8 Å². The molecular formula is C21H30N2O2S. The number of para-hydroxylation sites is 1. The van der Waals surface area contributed by atoms with Gasteiger partial charge < -0.3 is 5.32 Å². The SMILES string of the molecule is CCN(CCCCNc1ccccc1)S(=O)(=O)c1c(C)cc(C)cc1C. The summed E-state index contributed by atoms with van der Waals surface area (Å²) in [5, 5.41) is 3.36. The molecule has 0 saturated heterocycles. The van der Waals surface area contributed by atoms with Gasteiger partial charge in [-0.1, -0.05) is 42.8 Å². The summed E-state index contributed by atoms with van der Waals surface area (Å²) in [6.07, 6.45) is 1.75. The van der Waals surface area contributed by atoms with E-state index < -0.39 is 10.0 Å². The van der Waals surface area contributed by atoms with E-state index in [9.17, 15) is 8.42 Å². The Morgan fingerprint density at radius 2 is 1.58 bits per heavy atom. The van der Waals surface area contributed by atoms with Gasteiger partial charge in [-0.2, -0.15) is 4.31 Å². The van der Waals surface area contributed by atoms with Crippen molar-refractivity contribution in [3.8, 4) is 0 Å². The van der Waals surface area contributed by atoms with E-state index in [1.807, 2.05) is 70.2 Å². The highest BCUT2D eigenvalue weighted by atomic mass is 32.2. The van der Waals surface area contributed by atoms with Gasteiger partial charge in [0.1, 0.15) is 0 Å².